The molecule has 0 atom stereocenters. The van der Waals surface area contributed by atoms with Crippen LogP contribution in [-0.4, -0.2) is 24.2 Å². The number of hydrogen-bond acceptors (Lipinski definition) is 5. The van der Waals surface area contributed by atoms with Gasteiger partial charge in [-0.15, -0.1) is 0 Å². The van der Waals surface area contributed by atoms with Gasteiger partial charge < -0.3 is 19.4 Å². The van der Waals surface area contributed by atoms with Crippen molar-refractivity contribution < 1.29 is 14.3 Å². The van der Waals surface area contributed by atoms with Crippen LogP contribution in [0.2, 0.25) is 0 Å². The van der Waals surface area contributed by atoms with Crippen LogP contribution in [0.3, 0.4) is 0 Å². The minimum atomic E-state index is -0.499. The summed E-state index contributed by atoms with van der Waals surface area (Å²) in [5, 5.41) is 12.0. The van der Waals surface area contributed by atoms with Gasteiger partial charge in [-0.25, -0.2) is 0 Å². The highest BCUT2D eigenvalue weighted by atomic mass is 16.5. The molecule has 1 heterocycles. The third-order valence-corrected chi connectivity index (χ3v) is 3.75. The number of nitrogens with zero attached hydrogens (tertiary/aromatic N) is 2. The van der Waals surface area contributed by atoms with E-state index in [2.05, 4.69) is 5.32 Å². The van der Waals surface area contributed by atoms with E-state index in [-0.39, 0.29) is 24.6 Å². The van der Waals surface area contributed by atoms with Gasteiger partial charge in [0.1, 0.15) is 23.9 Å². The van der Waals surface area contributed by atoms with Crippen molar-refractivity contribution in [3.8, 4) is 11.8 Å². The van der Waals surface area contributed by atoms with Crippen LogP contribution in [0.5, 0.6) is 5.75 Å². The molecule has 7 heteroatoms. The molecule has 2 rings (SSSR count). The SMILES string of the molecule is CCOc1ccc(NC(=O)Cn2c(C)cc(COC)c(C#N)c2=O)cc1. The van der Waals surface area contributed by atoms with Gasteiger partial charge in [0.15, 0.2) is 0 Å². The second-order valence-corrected chi connectivity index (χ2v) is 5.63. The minimum absolute atomic E-state index is 0.00804. The van der Waals surface area contributed by atoms with Crippen LogP contribution >= 0.6 is 0 Å². The highest BCUT2D eigenvalue weighted by molar-refractivity contribution is 5.90. The number of methoxy groups -OCH3 is 1. The lowest BCUT2D eigenvalue weighted by Gasteiger charge is -2.13. The Hall–Kier alpha value is -3.11. The summed E-state index contributed by atoms with van der Waals surface area (Å²) in [7, 11) is 1.49. The molecule has 0 radical (unpaired) electrons. The van der Waals surface area contributed by atoms with E-state index in [1.165, 1.54) is 11.7 Å². The third kappa shape index (κ3) is 4.49. The zero-order chi connectivity index (χ0) is 19.1. The van der Waals surface area contributed by atoms with E-state index in [0.717, 1.165) is 0 Å². The van der Waals surface area contributed by atoms with Gasteiger partial charge in [0, 0.05) is 24.1 Å². The summed E-state index contributed by atoms with van der Waals surface area (Å²) in [6, 6.07) is 10.5. The summed E-state index contributed by atoms with van der Waals surface area (Å²) in [6.45, 7) is 4.15. The molecule has 1 aromatic heterocycles. The quantitative estimate of drug-likeness (QED) is 0.822. The fraction of sp³-hybridized carbons (Fsp3) is 0.316. The van der Waals surface area contributed by atoms with Gasteiger partial charge >= 0.3 is 0 Å². The number of aryl methyl sites for hydroxylation is 1. The van der Waals surface area contributed by atoms with Crippen LogP contribution in [0.15, 0.2) is 35.1 Å². The van der Waals surface area contributed by atoms with Gasteiger partial charge in [-0.3, -0.25) is 9.59 Å². The van der Waals surface area contributed by atoms with E-state index in [9.17, 15) is 14.9 Å². The molecule has 7 nitrogen and oxygen atoms in total. The number of benzene rings is 1. The van der Waals surface area contributed by atoms with Crippen LogP contribution in [0, 0.1) is 18.3 Å². The first-order valence-corrected chi connectivity index (χ1v) is 8.15. The third-order valence-electron chi connectivity index (χ3n) is 3.75. The fourth-order valence-electron chi connectivity index (χ4n) is 2.57. The van der Waals surface area contributed by atoms with E-state index in [4.69, 9.17) is 9.47 Å². The molecule has 1 amide bonds. The molecule has 0 fully saturated rings. The standard InChI is InChI=1S/C19H21N3O4/c1-4-26-16-7-5-15(6-8-16)21-18(23)11-22-13(2)9-14(12-25-3)17(10-20)19(22)24/h5-9H,4,11-12H2,1-3H3,(H,21,23). The minimum Gasteiger partial charge on any atom is -0.494 e. The van der Waals surface area contributed by atoms with Gasteiger partial charge in [-0.1, -0.05) is 0 Å². The first-order chi connectivity index (χ1) is 12.5. The smallest absolute Gasteiger partial charge is 0.269 e. The van der Waals surface area contributed by atoms with Crippen molar-refractivity contribution >= 4 is 11.6 Å². The van der Waals surface area contributed by atoms with Gasteiger partial charge in [-0.05, 0) is 44.2 Å². The van der Waals surface area contributed by atoms with Gasteiger partial charge in [0.25, 0.3) is 5.56 Å². The second kappa shape index (κ2) is 8.83. The van der Waals surface area contributed by atoms with Gasteiger partial charge in [0.05, 0.1) is 13.2 Å². The Labute approximate surface area is 151 Å². The van der Waals surface area contributed by atoms with Crippen molar-refractivity contribution in [3.05, 3.63) is 57.5 Å². The number of carbonyl (C=O) groups excluding carboxylic acids is 1. The molecular formula is C19H21N3O4. The zero-order valence-electron chi connectivity index (χ0n) is 15.0. The van der Waals surface area contributed by atoms with Crippen LogP contribution in [0.25, 0.3) is 0 Å². The van der Waals surface area contributed by atoms with Crippen LogP contribution in [0.4, 0.5) is 5.69 Å². The molecule has 0 spiro atoms. The molecule has 136 valence electrons. The first-order valence-electron chi connectivity index (χ1n) is 8.15. The molecule has 1 N–H and O–H groups in total. The number of pyridine rings is 1. The average Bonchev–Trinajstić information content (AvgIpc) is 2.61. The lowest BCUT2D eigenvalue weighted by Crippen LogP contribution is -2.31. The van der Waals surface area contributed by atoms with E-state index in [1.54, 1.807) is 37.3 Å². The van der Waals surface area contributed by atoms with E-state index >= 15 is 0 Å². The Morgan fingerprint density at radius 3 is 2.58 bits per heavy atom. The predicted octanol–water partition coefficient (Wildman–Crippen LogP) is 2.21. The maximum atomic E-state index is 12.5. The molecular weight excluding hydrogens is 334 g/mol. The fourth-order valence-corrected chi connectivity index (χ4v) is 2.57. The molecule has 0 saturated carbocycles. The highest BCUT2D eigenvalue weighted by Crippen LogP contribution is 2.16. The Bertz CT molecular complexity index is 879. The number of amides is 1. The number of carbonyl (C=O) groups is 1. The Balaban J connectivity index is 2.18. The number of anilines is 1. The van der Waals surface area contributed by atoms with Crippen LogP contribution < -0.4 is 15.6 Å². The van der Waals surface area contributed by atoms with Crippen molar-refractivity contribution in [2.24, 2.45) is 0 Å². The first kappa shape index (κ1) is 19.2. The van der Waals surface area contributed by atoms with Crippen LogP contribution in [0.1, 0.15) is 23.7 Å². The molecule has 0 aliphatic carbocycles. The summed E-state index contributed by atoms with van der Waals surface area (Å²) in [4.78, 5) is 24.8. The average molecular weight is 355 g/mol. The largest absolute Gasteiger partial charge is 0.494 e. The van der Waals surface area contributed by atoms with Gasteiger partial charge in [0.2, 0.25) is 5.91 Å². The summed E-state index contributed by atoms with van der Waals surface area (Å²) in [5.41, 5.74) is 1.19. The molecule has 0 aliphatic rings. The lowest BCUT2D eigenvalue weighted by molar-refractivity contribution is -0.116. The number of nitriles is 1. The maximum Gasteiger partial charge on any atom is 0.269 e. The maximum absolute atomic E-state index is 12.5. The highest BCUT2D eigenvalue weighted by Gasteiger charge is 2.15. The monoisotopic (exact) mass is 355 g/mol. The van der Waals surface area contributed by atoms with Crippen molar-refractivity contribution in [2.45, 2.75) is 27.0 Å². The number of ether oxygens (including phenoxy) is 2. The Morgan fingerprint density at radius 1 is 1.31 bits per heavy atom. The predicted molar refractivity (Wildman–Crippen MR) is 97.1 cm³/mol. The zero-order valence-corrected chi connectivity index (χ0v) is 15.0. The summed E-state index contributed by atoms with van der Waals surface area (Å²) in [6.07, 6.45) is 0. The van der Waals surface area contributed by atoms with Crippen molar-refractivity contribution in [2.75, 3.05) is 19.0 Å². The van der Waals surface area contributed by atoms with Crippen molar-refractivity contribution in [1.82, 2.24) is 4.57 Å². The summed E-state index contributed by atoms with van der Waals surface area (Å²) < 4.78 is 11.6. The molecule has 0 saturated heterocycles. The van der Waals surface area contributed by atoms with E-state index in [0.29, 0.717) is 29.3 Å². The molecule has 2 aromatic rings. The normalized spacial score (nSPS) is 10.2. The number of rotatable bonds is 7. The molecule has 1 aromatic carbocycles. The molecule has 26 heavy (non-hydrogen) atoms. The second-order valence-electron chi connectivity index (χ2n) is 5.63. The van der Waals surface area contributed by atoms with Crippen molar-refractivity contribution in [1.29, 1.82) is 5.26 Å². The molecule has 0 aliphatic heterocycles. The summed E-state index contributed by atoms with van der Waals surface area (Å²) >= 11 is 0. The molecule has 0 bridgehead atoms. The lowest BCUT2D eigenvalue weighted by atomic mass is 10.1. The van der Waals surface area contributed by atoms with Crippen molar-refractivity contribution in [3.63, 3.8) is 0 Å². The van der Waals surface area contributed by atoms with Gasteiger partial charge in [-0.2, -0.15) is 5.26 Å². The van der Waals surface area contributed by atoms with Crippen LogP contribution in [-0.2, 0) is 22.7 Å². The van der Waals surface area contributed by atoms with E-state index in [1.807, 2.05) is 13.0 Å². The molecule has 0 unspecified atom stereocenters. The summed E-state index contributed by atoms with van der Waals surface area (Å²) in [5.74, 6) is 0.354. The van der Waals surface area contributed by atoms with E-state index < -0.39 is 5.56 Å². The topological polar surface area (TPSA) is 93.3 Å². The number of aromatic nitrogens is 1. The Morgan fingerprint density at radius 2 is 2.00 bits per heavy atom. The Kier molecular flexibility index (Phi) is 6.53. The number of nitrogens with one attached hydrogen (secondary N) is 1. The number of hydrogen-bond donors (Lipinski definition) is 1.